The van der Waals surface area contributed by atoms with Gasteiger partial charge in [-0.2, -0.15) is 13.7 Å². The lowest BCUT2D eigenvalue weighted by molar-refractivity contribution is -0.648. The second-order valence-electron chi connectivity index (χ2n) is 28.9. The molecule has 0 bridgehead atoms. The van der Waals surface area contributed by atoms with Gasteiger partial charge in [0, 0.05) is 145 Å². The van der Waals surface area contributed by atoms with Gasteiger partial charge in [-0.15, -0.1) is 4.57 Å². The molecule has 0 aliphatic carbocycles. The van der Waals surface area contributed by atoms with Gasteiger partial charge in [-0.05, 0) is 91.0 Å². The predicted molar refractivity (Wildman–Crippen MR) is 433 cm³/mol. The number of hydrogen-bond donors (Lipinski definition) is 0. The number of para-hydroxylation sites is 3. The Bertz CT molecular complexity index is 7930. The average Bonchev–Trinajstić information content (AvgIpc) is 1.53. The molecule has 0 spiro atoms. The van der Waals surface area contributed by atoms with Crippen molar-refractivity contribution in [1.29, 1.82) is 0 Å². The highest BCUT2D eigenvalue weighted by Gasteiger charge is 2.43. The van der Waals surface area contributed by atoms with Crippen molar-refractivity contribution < 1.29 is 40.2 Å². The summed E-state index contributed by atoms with van der Waals surface area (Å²) in [6, 6.07) is 51.4. The minimum absolute atomic E-state index is 0.549. The predicted octanol–water partition coefficient (Wildman–Crippen LogP) is 14.5. The highest BCUT2D eigenvalue weighted by Crippen LogP contribution is 2.43. The van der Waals surface area contributed by atoms with Crippen LogP contribution in [0.15, 0.2) is 295 Å². The smallest absolute Gasteiger partial charge is 0.386 e. The molecular formula is C90H62N21O3S+5. The van der Waals surface area contributed by atoms with Gasteiger partial charge >= 0.3 is 23.1 Å². The van der Waals surface area contributed by atoms with E-state index in [1.807, 2.05) is 158 Å². The molecule has 0 saturated heterocycles. The van der Waals surface area contributed by atoms with Crippen molar-refractivity contribution >= 4 is 115 Å². The number of imidazole rings is 3. The van der Waals surface area contributed by atoms with Crippen molar-refractivity contribution in [2.45, 2.75) is 32.7 Å². The van der Waals surface area contributed by atoms with Crippen LogP contribution in [0.25, 0.3) is 178 Å². The van der Waals surface area contributed by atoms with Crippen molar-refractivity contribution in [3.63, 3.8) is 0 Å². The molecule has 25 heteroatoms. The van der Waals surface area contributed by atoms with E-state index in [1.165, 1.54) is 98.5 Å². The third kappa shape index (κ3) is 9.54. The Labute approximate surface area is 659 Å². The van der Waals surface area contributed by atoms with Crippen molar-refractivity contribution in [2.75, 3.05) is 0 Å². The van der Waals surface area contributed by atoms with Crippen LogP contribution in [-0.2, 0) is 46.7 Å². The first-order valence-electron chi connectivity index (χ1n) is 39.0. The monoisotopic (exact) mass is 1520 g/mol. The molecule has 0 fully saturated rings. The van der Waals surface area contributed by atoms with E-state index >= 15 is 0 Å². The molecule has 0 N–H and O–H groups in total. The van der Waals surface area contributed by atoms with Crippen LogP contribution >= 0.6 is 11.3 Å². The second-order valence-corrected chi connectivity index (χ2v) is 29.9. The van der Waals surface area contributed by atoms with E-state index in [4.69, 9.17) is 17.4 Å². The molecule has 546 valence electrons. The van der Waals surface area contributed by atoms with E-state index in [1.54, 1.807) is 48.5 Å². The molecule has 115 heavy (non-hydrogen) atoms. The maximum Gasteiger partial charge on any atom is 0.386 e. The Hall–Kier alpha value is -15.4. The number of nitrogens with zero attached hydrogens (tertiary/aromatic N) is 21. The van der Waals surface area contributed by atoms with Crippen LogP contribution in [-0.4, -0.2) is 77.1 Å². The summed E-state index contributed by atoms with van der Waals surface area (Å²) in [7, 11) is 2.12. The molecule has 25 heterocycles. The number of oxazole rings is 2. The van der Waals surface area contributed by atoms with Gasteiger partial charge in [0.15, 0.2) is 24.2 Å². The first-order chi connectivity index (χ1) is 58.1. The quantitative estimate of drug-likeness (QED) is 0.151. The van der Waals surface area contributed by atoms with Crippen LogP contribution < -0.4 is 22.8 Å². The molecular weight excluding hydrogens is 1460 g/mol. The lowest BCUT2D eigenvalue weighted by Gasteiger charge is -2.03. The average molecular weight is 1520 g/mol. The van der Waals surface area contributed by atoms with Gasteiger partial charge in [-0.3, -0.25) is 49.8 Å². The summed E-state index contributed by atoms with van der Waals surface area (Å²) in [6.07, 6.45) is 38.8. The molecule has 0 atom stereocenters. The maximum atomic E-state index is 8.25. The highest BCUT2D eigenvalue weighted by atomic mass is 32.1. The number of aryl methyl sites for hydroxylation is 2. The van der Waals surface area contributed by atoms with Crippen LogP contribution in [0.2, 0.25) is 0 Å². The van der Waals surface area contributed by atoms with Gasteiger partial charge in [0.25, 0.3) is 39.0 Å². The summed E-state index contributed by atoms with van der Waals surface area (Å²) in [6.45, 7) is 1.69. The first-order valence-corrected chi connectivity index (χ1v) is 38.4. The molecule has 24 nitrogen and oxygen atoms in total. The lowest BCUT2D eigenvalue weighted by Crippen LogP contribution is -2.32. The minimum Gasteiger partial charge on any atom is -0.418 e. The summed E-state index contributed by atoms with van der Waals surface area (Å²) >= 11 is 1.65. The molecule has 20 aromatic heterocycles. The Kier molecular flexibility index (Phi) is 13.4. The Morgan fingerprint density at radius 1 is 0.365 bits per heavy atom. The molecule has 3 aromatic carbocycles. The van der Waals surface area contributed by atoms with Crippen molar-refractivity contribution in [2.24, 2.45) is 14.0 Å². The maximum absolute atomic E-state index is 8.25. The number of thiophene rings is 1. The van der Waals surface area contributed by atoms with E-state index in [0.29, 0.717) is 23.5 Å². The Balaban J connectivity index is 0.0000000850. The highest BCUT2D eigenvalue weighted by molar-refractivity contribution is 7.25. The summed E-state index contributed by atoms with van der Waals surface area (Å²) < 4.78 is 67.4. The van der Waals surface area contributed by atoms with Crippen LogP contribution in [0.3, 0.4) is 0 Å². The van der Waals surface area contributed by atoms with Gasteiger partial charge in [-0.1, -0.05) is 65.9 Å². The zero-order valence-electron chi connectivity index (χ0n) is 64.1. The van der Waals surface area contributed by atoms with E-state index < -0.39 is 6.98 Å². The zero-order chi connectivity index (χ0) is 78.2. The van der Waals surface area contributed by atoms with Gasteiger partial charge in [0.1, 0.15) is 46.8 Å². The number of furan rings is 1. The van der Waals surface area contributed by atoms with Crippen LogP contribution in [0, 0.1) is 0 Å². The zero-order valence-corrected chi connectivity index (χ0v) is 61.9. The molecule has 0 saturated carbocycles. The fraction of sp³-hybridized carbons (Fsp3) is 0.0778. The number of benzene rings is 3. The van der Waals surface area contributed by atoms with Crippen molar-refractivity contribution in [3.05, 3.63) is 310 Å². The van der Waals surface area contributed by atoms with Gasteiger partial charge < -0.3 is 22.4 Å². The third-order valence-electron chi connectivity index (χ3n) is 22.8. The minimum atomic E-state index is -2.35. The number of hydrogen-bond acceptors (Lipinski definition) is 14. The Morgan fingerprint density at radius 2 is 0.800 bits per heavy atom. The summed E-state index contributed by atoms with van der Waals surface area (Å²) in [4.78, 5) is 43.4. The van der Waals surface area contributed by atoms with Crippen LogP contribution in [0.5, 0.6) is 0 Å². The second kappa shape index (κ2) is 25.1. The van der Waals surface area contributed by atoms with E-state index in [-0.39, 0.29) is 0 Å². The van der Waals surface area contributed by atoms with E-state index in [0.717, 1.165) is 121 Å². The molecule has 28 rings (SSSR count). The van der Waals surface area contributed by atoms with Crippen molar-refractivity contribution in [3.8, 4) is 74.1 Å². The van der Waals surface area contributed by atoms with Gasteiger partial charge in [0.05, 0.1) is 97.7 Å². The SMILES string of the molecule is Cn1c2cnccc2c2c1n(-c1ccccc1)c1[n+]2Cc2ccncc2-1.[2H]C([2H])([2H])n1c2cnccc2c2c1n(-c1ccccc1)c1[n+]2Cc2ccncc2-1.c1cc2c(cn1)-c1oc3oc4cnccc4c3[n+]1C2.c1cc2c(cn1)-c1oc3sc4cnccc4c3[n+]1C2.c1ccc(-n2c3[n+](c4c2cc2cnccn24)Cc2ccncc2-3)cc1. The summed E-state index contributed by atoms with van der Waals surface area (Å²) in [5, 5.41) is 4.35. The summed E-state index contributed by atoms with van der Waals surface area (Å²) in [5.74, 6) is 5.61. The third-order valence-corrected chi connectivity index (χ3v) is 23.8. The van der Waals surface area contributed by atoms with E-state index in [2.05, 4.69) is 189 Å². The number of rotatable bonds is 3. The molecule has 5 aliphatic rings. The molecule has 0 amide bonds. The molecule has 23 aromatic rings. The lowest BCUT2D eigenvalue weighted by atomic mass is 10.1. The fourth-order valence-corrected chi connectivity index (χ4v) is 18.8. The van der Waals surface area contributed by atoms with Gasteiger partial charge in [0.2, 0.25) is 16.9 Å². The number of fused-ring (bicyclic) bond motifs is 35. The fourth-order valence-electron chi connectivity index (χ4n) is 17.8. The molecule has 0 radical (unpaired) electrons. The van der Waals surface area contributed by atoms with Crippen LogP contribution in [0.4, 0.5) is 0 Å². The standard InChI is InChI=1S/2C21H16N5.C20H14N5.C14H8N3O2.C14H8N3OS/c2*1-24-18-12-23-10-8-16(18)19-21(24)26(15-5-3-2-4-6-15)20-17-11-22-9-7-14(17)13-25(19)20;1-2-4-15(5-3-1)25-18-10-16-11-22-8-9-23(16)20(18)24-13-14-6-7-21-12-17(14)19(24)25;1-3-15-5-10-8(1)7-17-12-9-2-4-16-6-11(9)18-14(12)19-13(10)17;1-3-15-5-10-8(1)7-17-12-9-2-4-16-6-11(9)19-14(12)18-13(10)17/h2*2-12H,13H2,1H3;1-12H,13H2;2*1-6H,7H2/q5*+1/i1D3;;;;. The number of pyridine rings is 9. The largest absolute Gasteiger partial charge is 0.418 e. The van der Waals surface area contributed by atoms with Crippen LogP contribution in [0.1, 0.15) is 31.9 Å². The number of aromatic nitrogens is 21. The Morgan fingerprint density at radius 3 is 1.37 bits per heavy atom. The molecule has 5 aliphatic heterocycles. The topological polar surface area (TPSA) is 217 Å². The van der Waals surface area contributed by atoms with E-state index in [9.17, 15) is 0 Å². The molecule has 0 unspecified atom stereocenters. The summed E-state index contributed by atoms with van der Waals surface area (Å²) in [5.41, 5.74) is 27.2. The van der Waals surface area contributed by atoms with Gasteiger partial charge in [-0.25, -0.2) is 22.7 Å². The van der Waals surface area contributed by atoms with Crippen molar-refractivity contribution in [1.82, 2.24) is 77.1 Å². The first kappa shape index (κ1) is 61.4. The normalized spacial score (nSPS) is 13.3.